The second-order valence-corrected chi connectivity index (χ2v) is 13.5. The molecule has 14 nitrogen and oxygen atoms in total. The van der Waals surface area contributed by atoms with Crippen molar-refractivity contribution in [1.82, 2.24) is 40.9 Å². The number of nitrogens with one attached hydrogen (secondary N) is 3. The first-order valence-electron chi connectivity index (χ1n) is 14.3. The van der Waals surface area contributed by atoms with Crippen molar-refractivity contribution < 1.29 is 22.8 Å². The van der Waals surface area contributed by atoms with Crippen molar-refractivity contribution in [3.05, 3.63) is 65.9 Å². The van der Waals surface area contributed by atoms with Gasteiger partial charge in [-0.05, 0) is 44.2 Å². The van der Waals surface area contributed by atoms with Gasteiger partial charge in [0.05, 0.1) is 45.3 Å². The first-order valence-corrected chi connectivity index (χ1v) is 16.2. The number of urea groups is 1. The molecule has 0 aliphatic carbocycles. The summed E-state index contributed by atoms with van der Waals surface area (Å²) < 4.78 is 24.1. The summed E-state index contributed by atoms with van der Waals surface area (Å²) in [5.74, 6) is -0.464. The Morgan fingerprint density at radius 3 is 2.58 bits per heavy atom. The van der Waals surface area contributed by atoms with Crippen LogP contribution in [-0.4, -0.2) is 75.6 Å². The van der Waals surface area contributed by atoms with Crippen LogP contribution >= 0.6 is 0 Å². The largest absolute Gasteiger partial charge is 0.346 e. The number of anilines is 1. The highest BCUT2D eigenvalue weighted by Crippen LogP contribution is 2.36. The number of amides is 4. The van der Waals surface area contributed by atoms with Gasteiger partial charge in [0.25, 0.3) is 11.8 Å². The number of sulfone groups is 1. The van der Waals surface area contributed by atoms with Gasteiger partial charge >= 0.3 is 6.03 Å². The molecule has 0 unspecified atom stereocenters. The molecule has 15 heteroatoms. The normalized spacial score (nSPS) is 21.6. The highest BCUT2D eigenvalue weighted by molar-refractivity contribution is 7.90. The molecule has 4 amide bonds. The van der Waals surface area contributed by atoms with Crippen molar-refractivity contribution in [2.24, 2.45) is 5.92 Å². The molecule has 2 aliphatic heterocycles. The zero-order valence-electron chi connectivity index (χ0n) is 25.0. The van der Waals surface area contributed by atoms with E-state index in [2.05, 4.69) is 30.9 Å². The minimum Gasteiger partial charge on any atom is -0.346 e. The lowest BCUT2D eigenvalue weighted by atomic mass is 9.76. The van der Waals surface area contributed by atoms with Crippen molar-refractivity contribution >= 4 is 44.5 Å². The predicted octanol–water partition coefficient (Wildman–Crippen LogP) is 1.94. The third-order valence-electron chi connectivity index (χ3n) is 8.35. The maximum absolute atomic E-state index is 12.8. The molecule has 3 N–H and O–H groups in total. The number of carbonyl (C=O) groups excluding carboxylic acids is 3. The molecule has 6 heterocycles. The third-order valence-corrected chi connectivity index (χ3v) is 9.57. The summed E-state index contributed by atoms with van der Waals surface area (Å²) in [4.78, 5) is 61.9. The Hall–Kier alpha value is -5.05. The van der Waals surface area contributed by atoms with Crippen molar-refractivity contribution in [3.63, 3.8) is 0 Å². The van der Waals surface area contributed by atoms with Gasteiger partial charge < -0.3 is 15.5 Å². The fraction of sp³-hybridized carbons (Fsp3) is 0.333. The summed E-state index contributed by atoms with van der Waals surface area (Å²) in [6.45, 7) is 6.04. The van der Waals surface area contributed by atoms with Crippen LogP contribution in [-0.2, 0) is 21.2 Å². The fourth-order valence-corrected chi connectivity index (χ4v) is 6.83. The number of pyridine rings is 3. The summed E-state index contributed by atoms with van der Waals surface area (Å²) in [5, 5.41) is 8.76. The number of hydrogen-bond acceptors (Lipinski definition) is 11. The topological polar surface area (TPSA) is 189 Å². The molecule has 4 aromatic rings. The van der Waals surface area contributed by atoms with E-state index in [1.165, 1.54) is 12.3 Å². The molecule has 6 rings (SSSR count). The molecule has 0 saturated carbocycles. The van der Waals surface area contributed by atoms with E-state index in [0.717, 1.165) is 11.6 Å². The fourth-order valence-electron chi connectivity index (χ4n) is 5.90. The van der Waals surface area contributed by atoms with Gasteiger partial charge in [0, 0.05) is 55.2 Å². The number of piperidine rings is 1. The molecule has 1 spiro atoms. The zero-order valence-corrected chi connectivity index (χ0v) is 25.8. The van der Waals surface area contributed by atoms with Gasteiger partial charge in [-0.25, -0.2) is 28.2 Å². The van der Waals surface area contributed by atoms with Gasteiger partial charge in [-0.15, -0.1) is 0 Å². The summed E-state index contributed by atoms with van der Waals surface area (Å²) in [6.07, 6.45) is 6.16. The van der Waals surface area contributed by atoms with Crippen LogP contribution in [0, 0.1) is 12.8 Å². The van der Waals surface area contributed by atoms with Crippen LogP contribution in [0.15, 0.2) is 53.8 Å². The molecular weight excluding hydrogens is 598 g/mol. The molecule has 232 valence electrons. The molecule has 0 bridgehead atoms. The Balaban J connectivity index is 1.20. The number of hydrogen-bond donors (Lipinski definition) is 3. The van der Waals surface area contributed by atoms with Gasteiger partial charge in [-0.1, -0.05) is 6.92 Å². The second-order valence-electron chi connectivity index (χ2n) is 11.6. The van der Waals surface area contributed by atoms with Crippen molar-refractivity contribution in [1.29, 1.82) is 0 Å². The van der Waals surface area contributed by atoms with Crippen LogP contribution in [0.5, 0.6) is 0 Å². The van der Waals surface area contributed by atoms with Crippen molar-refractivity contribution in [2.45, 2.75) is 50.2 Å². The van der Waals surface area contributed by atoms with E-state index in [1.54, 1.807) is 31.5 Å². The monoisotopic (exact) mass is 629 g/mol. The average Bonchev–Trinajstić information content (AvgIpc) is 3.29. The van der Waals surface area contributed by atoms with E-state index in [9.17, 15) is 22.8 Å². The Kier molecular flexibility index (Phi) is 7.43. The number of aromatic nitrogens is 5. The summed E-state index contributed by atoms with van der Waals surface area (Å²) in [5.41, 5.74) is 1.92. The minimum absolute atomic E-state index is 0.00599. The lowest BCUT2D eigenvalue weighted by Crippen LogP contribution is -2.63. The second kappa shape index (κ2) is 11.1. The minimum atomic E-state index is -3.53. The maximum atomic E-state index is 12.8. The number of imide groups is 1. The van der Waals surface area contributed by atoms with Gasteiger partial charge in [-0.3, -0.25) is 24.9 Å². The van der Waals surface area contributed by atoms with Crippen LogP contribution < -0.4 is 20.9 Å². The number of fused-ring (bicyclic) bond motifs is 1. The van der Waals surface area contributed by atoms with Crippen LogP contribution in [0.25, 0.3) is 22.3 Å². The Morgan fingerprint density at radius 1 is 1.07 bits per heavy atom. The summed E-state index contributed by atoms with van der Waals surface area (Å²) >= 11 is 0. The average molecular weight is 630 g/mol. The number of nitrogens with zero attached hydrogens (tertiary/aromatic N) is 6. The van der Waals surface area contributed by atoms with Gasteiger partial charge in [-0.2, -0.15) is 0 Å². The van der Waals surface area contributed by atoms with E-state index >= 15 is 0 Å². The quantitative estimate of drug-likeness (QED) is 0.264. The predicted molar refractivity (Wildman–Crippen MR) is 164 cm³/mol. The van der Waals surface area contributed by atoms with Crippen LogP contribution in [0.2, 0.25) is 0 Å². The number of rotatable bonds is 6. The molecular formula is C30H31N9O5S. The zero-order chi connectivity index (χ0) is 32.1. The van der Waals surface area contributed by atoms with Crippen LogP contribution in [0.3, 0.4) is 0 Å². The molecule has 3 atom stereocenters. The first kappa shape index (κ1) is 30.0. The Morgan fingerprint density at radius 2 is 1.84 bits per heavy atom. The van der Waals surface area contributed by atoms with E-state index in [-0.39, 0.29) is 34.9 Å². The number of aryl methyl sites for hydroxylation is 1. The molecule has 2 aliphatic rings. The molecule has 4 aromatic heterocycles. The smallest absolute Gasteiger partial charge is 0.322 e. The van der Waals surface area contributed by atoms with Gasteiger partial charge in [0.1, 0.15) is 5.54 Å². The molecule has 2 saturated heterocycles. The highest BCUT2D eigenvalue weighted by Gasteiger charge is 2.54. The molecule has 2 fully saturated rings. The lowest BCUT2D eigenvalue weighted by molar-refractivity contribution is -0.126. The SMILES string of the molecule is Cc1ncc(C(=O)NCc2cc3nc(-c4ccnc(N5C[C@H](C)[C@@]6(C[C@H]5C)NC(=O)NC6=O)n4)ccc3cn2)cc1S(C)(=O)=O. The van der Waals surface area contributed by atoms with E-state index in [1.807, 2.05) is 30.9 Å². The van der Waals surface area contributed by atoms with Crippen molar-refractivity contribution in [2.75, 3.05) is 17.7 Å². The maximum Gasteiger partial charge on any atom is 0.322 e. The summed E-state index contributed by atoms with van der Waals surface area (Å²) in [7, 11) is -3.53. The lowest BCUT2D eigenvalue weighted by Gasteiger charge is -2.46. The van der Waals surface area contributed by atoms with Crippen LogP contribution in [0.4, 0.5) is 10.7 Å². The third kappa shape index (κ3) is 5.66. The highest BCUT2D eigenvalue weighted by atomic mass is 32.2. The number of carbonyl (C=O) groups is 3. The standard InChI is InChI=1S/C30H31N9O5S/c1-16-15-39(17(2)11-30(16)27(41)37-29(42)38-30)28-31-8-7-23(36-28)22-6-5-19-12-33-21(10-24(19)35-22)14-34-26(40)20-9-25(45(4,43)44)18(3)32-13-20/h5-10,12-13,16-17H,11,14-15H2,1-4H3,(H,34,40)(H2,37,38,41,42)/t16-,17+,30+/m0/s1. The van der Waals surface area contributed by atoms with E-state index < -0.39 is 27.3 Å². The van der Waals surface area contributed by atoms with Crippen molar-refractivity contribution in [3.8, 4) is 11.4 Å². The Labute approximate surface area is 259 Å². The van der Waals surface area contributed by atoms with Gasteiger partial charge in [0.2, 0.25) is 5.95 Å². The first-order chi connectivity index (χ1) is 21.3. The molecule has 45 heavy (non-hydrogen) atoms. The summed E-state index contributed by atoms with van der Waals surface area (Å²) in [6, 6.07) is 7.99. The molecule has 0 aromatic carbocycles. The van der Waals surface area contributed by atoms with Gasteiger partial charge in [0.15, 0.2) is 9.84 Å². The Bertz CT molecular complexity index is 1990. The van der Waals surface area contributed by atoms with E-state index in [0.29, 0.717) is 47.2 Å². The van der Waals surface area contributed by atoms with E-state index in [4.69, 9.17) is 9.97 Å². The molecule has 0 radical (unpaired) electrons. The van der Waals surface area contributed by atoms with Crippen LogP contribution in [0.1, 0.15) is 42.0 Å².